The van der Waals surface area contributed by atoms with E-state index in [4.69, 9.17) is 14.2 Å². The molecule has 1 aromatic carbocycles. The van der Waals surface area contributed by atoms with Crippen molar-refractivity contribution < 1.29 is 14.2 Å². The van der Waals surface area contributed by atoms with E-state index < -0.39 is 0 Å². The Labute approximate surface area is 154 Å². The highest BCUT2D eigenvalue weighted by molar-refractivity contribution is 5.79. The third kappa shape index (κ3) is 6.51. The topological polar surface area (TPSA) is 77.0 Å². The molecule has 26 heavy (non-hydrogen) atoms. The van der Waals surface area contributed by atoms with Crippen LogP contribution in [0.2, 0.25) is 0 Å². The summed E-state index contributed by atoms with van der Waals surface area (Å²) in [4.78, 5) is 8.66. The maximum absolute atomic E-state index is 5.70. The number of hydrogen-bond donors (Lipinski definition) is 2. The lowest BCUT2D eigenvalue weighted by atomic mass is 10.3. The van der Waals surface area contributed by atoms with Gasteiger partial charge >= 0.3 is 0 Å². The molecule has 2 rings (SSSR count). The second kappa shape index (κ2) is 10.8. The number of hydrogen-bond acceptors (Lipinski definition) is 5. The van der Waals surface area contributed by atoms with Gasteiger partial charge < -0.3 is 24.8 Å². The Bertz CT molecular complexity index is 689. The first-order valence-electron chi connectivity index (χ1n) is 8.53. The highest BCUT2D eigenvalue weighted by Crippen LogP contribution is 2.16. The number of methoxy groups -OCH3 is 2. The Morgan fingerprint density at radius 2 is 1.81 bits per heavy atom. The van der Waals surface area contributed by atoms with Crippen LogP contribution in [0.5, 0.6) is 17.4 Å². The quantitative estimate of drug-likeness (QED) is 0.407. The zero-order valence-corrected chi connectivity index (χ0v) is 15.5. The molecule has 0 spiro atoms. The van der Waals surface area contributed by atoms with Gasteiger partial charge in [-0.25, -0.2) is 9.98 Å². The third-order valence-electron chi connectivity index (χ3n) is 3.50. The number of benzene rings is 1. The van der Waals surface area contributed by atoms with E-state index in [0.29, 0.717) is 25.6 Å². The predicted molar refractivity (Wildman–Crippen MR) is 102 cm³/mol. The Morgan fingerprint density at radius 1 is 1.04 bits per heavy atom. The van der Waals surface area contributed by atoms with Crippen molar-refractivity contribution >= 4 is 5.96 Å². The molecule has 1 heterocycles. The second-order valence-electron chi connectivity index (χ2n) is 5.35. The van der Waals surface area contributed by atoms with Crippen molar-refractivity contribution in [2.24, 2.45) is 4.99 Å². The standard InChI is InChI=1S/C19H26N4O3/c1-4-20-19(23-14-15-9-10-21-18(13-15)25-3)22-11-12-26-17-7-5-16(24-2)6-8-17/h5-10,13H,4,11-12,14H2,1-3H3,(H2,20,22,23). The normalized spacial score (nSPS) is 11.0. The van der Waals surface area contributed by atoms with Gasteiger partial charge in [-0.05, 0) is 42.8 Å². The highest BCUT2D eigenvalue weighted by Gasteiger charge is 2.00. The fourth-order valence-corrected chi connectivity index (χ4v) is 2.18. The van der Waals surface area contributed by atoms with Crippen molar-refractivity contribution in [2.75, 3.05) is 33.9 Å². The molecule has 140 valence electrons. The Balaban J connectivity index is 1.80. The van der Waals surface area contributed by atoms with Gasteiger partial charge in [-0.2, -0.15) is 0 Å². The summed E-state index contributed by atoms with van der Waals surface area (Å²) in [6.45, 7) is 4.51. The van der Waals surface area contributed by atoms with E-state index in [0.717, 1.165) is 29.6 Å². The van der Waals surface area contributed by atoms with Gasteiger partial charge in [0.25, 0.3) is 0 Å². The molecule has 0 amide bonds. The van der Waals surface area contributed by atoms with E-state index in [9.17, 15) is 0 Å². The minimum absolute atomic E-state index is 0.528. The van der Waals surface area contributed by atoms with E-state index in [1.165, 1.54) is 0 Å². The molecule has 0 bridgehead atoms. The zero-order valence-electron chi connectivity index (χ0n) is 15.5. The number of nitrogens with one attached hydrogen (secondary N) is 2. The summed E-state index contributed by atoms with van der Waals surface area (Å²) in [5, 5.41) is 6.47. The van der Waals surface area contributed by atoms with E-state index in [2.05, 4.69) is 20.6 Å². The fourth-order valence-electron chi connectivity index (χ4n) is 2.18. The lowest BCUT2D eigenvalue weighted by molar-refractivity contribution is 0.321. The monoisotopic (exact) mass is 358 g/mol. The molecular formula is C19H26N4O3. The van der Waals surface area contributed by atoms with Gasteiger partial charge in [0.1, 0.15) is 18.1 Å². The van der Waals surface area contributed by atoms with Gasteiger partial charge in [0, 0.05) is 18.8 Å². The molecule has 0 radical (unpaired) electrons. The number of pyridine rings is 1. The number of ether oxygens (including phenoxy) is 3. The lowest BCUT2D eigenvalue weighted by Crippen LogP contribution is -2.39. The Morgan fingerprint density at radius 3 is 2.50 bits per heavy atom. The first-order valence-corrected chi connectivity index (χ1v) is 8.53. The molecule has 7 nitrogen and oxygen atoms in total. The first kappa shape index (κ1) is 19.4. The number of rotatable bonds is 9. The van der Waals surface area contributed by atoms with Crippen molar-refractivity contribution in [1.82, 2.24) is 15.6 Å². The second-order valence-corrected chi connectivity index (χ2v) is 5.35. The molecule has 0 aliphatic carbocycles. The Hall–Kier alpha value is -2.96. The van der Waals surface area contributed by atoms with Gasteiger partial charge in [0.15, 0.2) is 5.96 Å². The van der Waals surface area contributed by atoms with Crippen LogP contribution in [-0.2, 0) is 6.54 Å². The fraction of sp³-hybridized carbons (Fsp3) is 0.368. The number of aliphatic imine (C=N–C) groups is 1. The molecule has 2 aromatic rings. The third-order valence-corrected chi connectivity index (χ3v) is 3.50. The Kier molecular flexibility index (Phi) is 8.05. The van der Waals surface area contributed by atoms with Crippen molar-refractivity contribution in [3.05, 3.63) is 48.2 Å². The average Bonchev–Trinajstić information content (AvgIpc) is 2.69. The maximum Gasteiger partial charge on any atom is 0.213 e. The zero-order chi connectivity index (χ0) is 18.6. The van der Waals surface area contributed by atoms with Crippen LogP contribution < -0.4 is 24.8 Å². The van der Waals surface area contributed by atoms with Crippen LogP contribution >= 0.6 is 0 Å². The molecule has 7 heteroatoms. The first-order chi connectivity index (χ1) is 12.7. The summed E-state index contributed by atoms with van der Waals surface area (Å²) in [7, 11) is 3.24. The lowest BCUT2D eigenvalue weighted by Gasteiger charge is -2.12. The number of guanidine groups is 1. The molecule has 0 aliphatic rings. The van der Waals surface area contributed by atoms with Crippen LogP contribution in [0.4, 0.5) is 0 Å². The average molecular weight is 358 g/mol. The van der Waals surface area contributed by atoms with E-state index in [1.54, 1.807) is 20.4 Å². The maximum atomic E-state index is 5.70. The molecule has 0 fully saturated rings. The summed E-state index contributed by atoms with van der Waals surface area (Å²) < 4.78 is 16.0. The van der Waals surface area contributed by atoms with Crippen LogP contribution in [0.15, 0.2) is 47.6 Å². The molecule has 2 N–H and O–H groups in total. The minimum atomic E-state index is 0.528. The molecular weight excluding hydrogens is 332 g/mol. The van der Waals surface area contributed by atoms with Crippen LogP contribution in [0.3, 0.4) is 0 Å². The van der Waals surface area contributed by atoms with Crippen molar-refractivity contribution in [2.45, 2.75) is 13.5 Å². The number of aromatic nitrogens is 1. The van der Waals surface area contributed by atoms with Crippen molar-refractivity contribution in [3.8, 4) is 17.4 Å². The van der Waals surface area contributed by atoms with Crippen LogP contribution in [0, 0.1) is 0 Å². The molecule has 0 atom stereocenters. The summed E-state index contributed by atoms with van der Waals surface area (Å²) in [6.07, 6.45) is 1.72. The number of nitrogens with zero attached hydrogens (tertiary/aromatic N) is 2. The molecule has 0 saturated heterocycles. The minimum Gasteiger partial charge on any atom is -0.497 e. The molecule has 0 aliphatic heterocycles. The van der Waals surface area contributed by atoms with E-state index in [1.807, 2.05) is 43.3 Å². The van der Waals surface area contributed by atoms with Crippen LogP contribution in [0.1, 0.15) is 12.5 Å². The molecule has 0 unspecified atom stereocenters. The van der Waals surface area contributed by atoms with E-state index >= 15 is 0 Å². The van der Waals surface area contributed by atoms with E-state index in [-0.39, 0.29) is 0 Å². The molecule has 0 saturated carbocycles. The van der Waals surface area contributed by atoms with Crippen LogP contribution in [0.25, 0.3) is 0 Å². The van der Waals surface area contributed by atoms with Crippen molar-refractivity contribution in [1.29, 1.82) is 0 Å². The summed E-state index contributed by atoms with van der Waals surface area (Å²) >= 11 is 0. The predicted octanol–water partition coefficient (Wildman–Crippen LogP) is 2.23. The summed E-state index contributed by atoms with van der Waals surface area (Å²) in [5.74, 6) is 2.94. The largest absolute Gasteiger partial charge is 0.497 e. The smallest absolute Gasteiger partial charge is 0.213 e. The summed E-state index contributed by atoms with van der Waals surface area (Å²) in [6, 6.07) is 11.3. The SMILES string of the molecule is CCNC(=NCc1ccnc(OC)c1)NCCOc1ccc(OC)cc1. The molecule has 1 aromatic heterocycles. The van der Waals surface area contributed by atoms with Gasteiger partial charge in [0.05, 0.1) is 27.3 Å². The van der Waals surface area contributed by atoms with Crippen molar-refractivity contribution in [3.63, 3.8) is 0 Å². The van der Waals surface area contributed by atoms with Crippen LogP contribution in [-0.4, -0.2) is 44.9 Å². The highest BCUT2D eigenvalue weighted by atomic mass is 16.5. The van der Waals surface area contributed by atoms with Gasteiger partial charge in [0.2, 0.25) is 5.88 Å². The summed E-state index contributed by atoms with van der Waals surface area (Å²) in [5.41, 5.74) is 1.03. The van der Waals surface area contributed by atoms with Gasteiger partial charge in [-0.1, -0.05) is 0 Å². The van der Waals surface area contributed by atoms with Gasteiger partial charge in [-0.3, -0.25) is 0 Å². The van der Waals surface area contributed by atoms with Gasteiger partial charge in [-0.15, -0.1) is 0 Å².